The molecule has 4 nitrogen and oxygen atoms in total. The minimum Gasteiger partial charge on any atom is -0.352 e. The van der Waals surface area contributed by atoms with Gasteiger partial charge in [0.25, 0.3) is 0 Å². The monoisotopic (exact) mass is 338 g/mol. The molecule has 2 saturated heterocycles. The number of halogens is 1. The molecule has 0 atom stereocenters. The van der Waals surface area contributed by atoms with Crippen molar-refractivity contribution in [3.8, 4) is 0 Å². The molecule has 134 valence electrons. The molecule has 3 rings (SSSR count). The number of rotatable bonds is 6. The van der Waals surface area contributed by atoms with Crippen LogP contribution in [0.4, 0.5) is 4.39 Å². The maximum atomic E-state index is 12.9. The van der Waals surface area contributed by atoms with Gasteiger partial charge in [0, 0.05) is 12.3 Å². The minimum atomic E-state index is -0.212. The van der Waals surface area contributed by atoms with Crippen LogP contribution in [0.15, 0.2) is 24.3 Å². The third kappa shape index (κ3) is 4.99. The van der Waals surface area contributed by atoms with Gasteiger partial charge in [0.2, 0.25) is 0 Å². The molecule has 2 heterocycles. The Morgan fingerprint density at radius 2 is 1.58 bits per heavy atom. The first-order valence-corrected chi connectivity index (χ1v) is 8.95. The van der Waals surface area contributed by atoms with Crippen molar-refractivity contribution < 1.29 is 23.3 Å². The maximum Gasteiger partial charge on any atom is 0.164 e. The summed E-state index contributed by atoms with van der Waals surface area (Å²) < 4.78 is 36.2. The number of benzene rings is 1. The lowest BCUT2D eigenvalue weighted by Crippen LogP contribution is -2.44. The molecule has 1 aromatic carbocycles. The molecular weight excluding hydrogens is 311 g/mol. The van der Waals surface area contributed by atoms with Crippen LogP contribution >= 0.6 is 0 Å². The van der Waals surface area contributed by atoms with Gasteiger partial charge in [-0.05, 0) is 30.5 Å². The van der Waals surface area contributed by atoms with Gasteiger partial charge in [-0.15, -0.1) is 0 Å². The summed E-state index contributed by atoms with van der Waals surface area (Å²) in [5.41, 5.74) is 1.09. The fourth-order valence-corrected chi connectivity index (χ4v) is 3.22. The van der Waals surface area contributed by atoms with E-state index in [1.165, 1.54) is 12.1 Å². The Hall–Kier alpha value is -1.01. The van der Waals surface area contributed by atoms with Gasteiger partial charge < -0.3 is 18.9 Å². The highest BCUT2D eigenvalue weighted by molar-refractivity contribution is 5.16. The molecule has 0 aliphatic carbocycles. The van der Waals surface area contributed by atoms with Crippen LogP contribution in [0.1, 0.15) is 31.7 Å². The van der Waals surface area contributed by atoms with Crippen LogP contribution in [0.25, 0.3) is 0 Å². The molecule has 1 aromatic rings. The van der Waals surface area contributed by atoms with Crippen LogP contribution in [0.2, 0.25) is 0 Å². The Balaban J connectivity index is 1.36. The summed E-state index contributed by atoms with van der Waals surface area (Å²) in [5, 5.41) is 0. The van der Waals surface area contributed by atoms with E-state index in [1.807, 2.05) is 0 Å². The Morgan fingerprint density at radius 1 is 0.917 bits per heavy atom. The number of hydrogen-bond donors (Lipinski definition) is 0. The second kappa shape index (κ2) is 8.90. The largest absolute Gasteiger partial charge is 0.352 e. The van der Waals surface area contributed by atoms with Crippen molar-refractivity contribution in [3.63, 3.8) is 0 Å². The van der Waals surface area contributed by atoms with Crippen LogP contribution < -0.4 is 0 Å². The van der Waals surface area contributed by atoms with Gasteiger partial charge in [-0.25, -0.2) is 4.39 Å². The van der Waals surface area contributed by atoms with E-state index in [4.69, 9.17) is 18.9 Å². The van der Waals surface area contributed by atoms with Gasteiger partial charge in [0.1, 0.15) is 5.82 Å². The molecule has 2 aliphatic rings. The van der Waals surface area contributed by atoms with Gasteiger partial charge in [-0.3, -0.25) is 0 Å². The molecule has 0 radical (unpaired) electrons. The fourth-order valence-electron chi connectivity index (χ4n) is 3.22. The second-order valence-corrected chi connectivity index (χ2v) is 6.71. The Morgan fingerprint density at radius 3 is 2.21 bits per heavy atom. The molecule has 2 fully saturated rings. The summed E-state index contributed by atoms with van der Waals surface area (Å²) in [5.74, 6) is 0.440. The summed E-state index contributed by atoms with van der Waals surface area (Å²) >= 11 is 0. The van der Waals surface area contributed by atoms with Gasteiger partial charge in [0.05, 0.1) is 32.3 Å². The first kappa shape index (κ1) is 17.8. The van der Waals surface area contributed by atoms with Crippen molar-refractivity contribution in [2.24, 2.45) is 11.8 Å². The molecule has 0 bridgehead atoms. The number of hydrogen-bond acceptors (Lipinski definition) is 4. The van der Waals surface area contributed by atoms with Gasteiger partial charge in [-0.2, -0.15) is 0 Å². The first-order valence-electron chi connectivity index (χ1n) is 8.95. The fraction of sp³-hybridized carbons (Fsp3) is 0.684. The molecule has 0 N–H and O–H groups in total. The van der Waals surface area contributed by atoms with Crippen molar-refractivity contribution in [1.29, 1.82) is 0 Å². The summed E-state index contributed by atoms with van der Waals surface area (Å²) in [4.78, 5) is 0. The molecule has 24 heavy (non-hydrogen) atoms. The lowest BCUT2D eigenvalue weighted by Gasteiger charge is -2.37. The van der Waals surface area contributed by atoms with Crippen LogP contribution in [0, 0.1) is 17.7 Å². The number of ether oxygens (including phenoxy) is 4. The Kier molecular flexibility index (Phi) is 6.60. The van der Waals surface area contributed by atoms with Crippen LogP contribution in [0.5, 0.6) is 0 Å². The average molecular weight is 338 g/mol. The topological polar surface area (TPSA) is 36.9 Å². The number of aryl methyl sites for hydroxylation is 1. The van der Waals surface area contributed by atoms with E-state index in [1.54, 1.807) is 12.1 Å². The maximum absolute atomic E-state index is 12.9. The van der Waals surface area contributed by atoms with Crippen LogP contribution in [-0.4, -0.2) is 39.0 Å². The van der Waals surface area contributed by atoms with E-state index in [2.05, 4.69) is 6.92 Å². The minimum absolute atomic E-state index is 0.134. The lowest BCUT2D eigenvalue weighted by molar-refractivity contribution is -0.281. The van der Waals surface area contributed by atoms with Crippen molar-refractivity contribution in [1.82, 2.24) is 0 Å². The van der Waals surface area contributed by atoms with Gasteiger partial charge in [-0.1, -0.05) is 25.5 Å². The van der Waals surface area contributed by atoms with E-state index in [-0.39, 0.29) is 24.3 Å². The van der Waals surface area contributed by atoms with E-state index < -0.39 is 0 Å². The van der Waals surface area contributed by atoms with Crippen molar-refractivity contribution in [2.45, 2.75) is 45.2 Å². The summed E-state index contributed by atoms with van der Waals surface area (Å²) in [6, 6.07) is 6.57. The standard InChI is InChI=1S/C19H27FO4/c1-2-3-15-10-23-19(24-11-15)16-12-21-18(22-13-16)9-6-14-4-7-17(20)8-5-14/h4-5,7-8,15-16,18-19H,2-3,6,9-13H2,1H3. The van der Waals surface area contributed by atoms with E-state index in [0.29, 0.717) is 19.1 Å². The van der Waals surface area contributed by atoms with Gasteiger partial charge in [0.15, 0.2) is 12.6 Å². The third-order valence-corrected chi connectivity index (χ3v) is 4.65. The zero-order chi connectivity index (χ0) is 16.8. The molecule has 0 amide bonds. The molecular formula is C19H27FO4. The zero-order valence-electron chi connectivity index (χ0n) is 14.3. The summed E-state index contributed by atoms with van der Waals surface area (Å²) in [6.45, 7) is 4.90. The van der Waals surface area contributed by atoms with Crippen LogP contribution in [0.3, 0.4) is 0 Å². The molecule has 0 aromatic heterocycles. The zero-order valence-corrected chi connectivity index (χ0v) is 14.3. The van der Waals surface area contributed by atoms with Crippen molar-refractivity contribution in [2.75, 3.05) is 26.4 Å². The highest BCUT2D eigenvalue weighted by Gasteiger charge is 2.33. The highest BCUT2D eigenvalue weighted by Crippen LogP contribution is 2.25. The molecule has 0 saturated carbocycles. The highest BCUT2D eigenvalue weighted by atomic mass is 19.1. The van der Waals surface area contributed by atoms with Gasteiger partial charge >= 0.3 is 0 Å². The Bertz CT molecular complexity index is 477. The molecule has 0 spiro atoms. The predicted octanol–water partition coefficient (Wildman–Crippen LogP) is 3.54. The van der Waals surface area contributed by atoms with E-state index in [9.17, 15) is 4.39 Å². The van der Waals surface area contributed by atoms with Crippen LogP contribution in [-0.2, 0) is 25.4 Å². The third-order valence-electron chi connectivity index (χ3n) is 4.65. The quantitative estimate of drug-likeness (QED) is 0.795. The summed E-state index contributed by atoms with van der Waals surface area (Å²) in [6.07, 6.45) is 3.47. The molecule has 5 heteroatoms. The predicted molar refractivity (Wildman–Crippen MR) is 88.0 cm³/mol. The van der Waals surface area contributed by atoms with E-state index >= 15 is 0 Å². The lowest BCUT2D eigenvalue weighted by atomic mass is 10.0. The normalized spacial score (nSPS) is 31.1. The SMILES string of the molecule is CCCC1COC(C2COC(CCc3ccc(F)cc3)OC2)OC1. The molecule has 0 unspecified atom stereocenters. The second-order valence-electron chi connectivity index (χ2n) is 6.71. The molecule has 2 aliphatic heterocycles. The average Bonchev–Trinajstić information content (AvgIpc) is 2.63. The van der Waals surface area contributed by atoms with E-state index in [0.717, 1.165) is 44.5 Å². The first-order chi connectivity index (χ1) is 11.7. The van der Waals surface area contributed by atoms with Crippen molar-refractivity contribution in [3.05, 3.63) is 35.6 Å². The van der Waals surface area contributed by atoms with Crippen molar-refractivity contribution >= 4 is 0 Å². The smallest absolute Gasteiger partial charge is 0.164 e. The summed E-state index contributed by atoms with van der Waals surface area (Å²) in [7, 11) is 0. The Labute approximate surface area is 143 Å².